The first-order chi connectivity index (χ1) is 50.0. The fourth-order valence-electron chi connectivity index (χ4n) is 13.8. The maximum absolute atomic E-state index is 14.4. The van der Waals surface area contributed by atoms with Crippen molar-refractivity contribution < 1.29 is 38.2 Å². The number of nitriles is 2. The maximum Gasteiger partial charge on any atom is 0.343 e. The second-order valence-corrected chi connectivity index (χ2v) is 26.6. The average Bonchev–Trinajstić information content (AvgIpc) is 1.52. The van der Waals surface area contributed by atoms with E-state index in [1.54, 1.807) is 24.3 Å². The largest absolute Gasteiger partial charge is 0.423 e. The highest BCUT2D eigenvalue weighted by Gasteiger charge is 2.40. The standard InChI is InChI=1S/C82H52B2N8O8S2/c1-2-3-44-90-79(95)60-43-37-52(46-62(60)80(90)96)82(98)100-58-40-34-50(35-41-58)72-70-69(73(63(47-85)77-87-65-28-16-18-30-67(65)101-77)92(72)84(55-24-12-6-13-25-55)56-26-14-7-15-27-56)71(49-32-38-57(39-33-49)99-81(97)51-36-42-59-61(45-51)76(94)89-75(59)93)91(83(53-20-8-4-9-21-53)54-22-10-5-11-23-54)74(70)64(48-86)78-88-66-29-17-19-31-68(66)102-78/h4-43,45-46H,2-3,44H2,1H3,(H,89,93,94)/b73-63-,74-64-. The number of carbonyl (C=O) groups excluding carboxylic acids is 6. The lowest BCUT2D eigenvalue weighted by molar-refractivity contribution is 0.0649. The van der Waals surface area contributed by atoms with Crippen LogP contribution in [0.3, 0.4) is 0 Å². The van der Waals surface area contributed by atoms with Gasteiger partial charge in [-0.05, 0) is 127 Å². The highest BCUT2D eigenvalue weighted by molar-refractivity contribution is 7.20. The Kier molecular flexibility index (Phi) is 16.6. The number of rotatable bonds is 17. The zero-order valence-corrected chi connectivity index (χ0v) is 55.9. The molecule has 4 aromatic heterocycles. The van der Waals surface area contributed by atoms with Gasteiger partial charge in [0.1, 0.15) is 44.8 Å². The summed E-state index contributed by atoms with van der Waals surface area (Å²) in [7, 11) is 0. The number of aromatic nitrogens is 4. The lowest BCUT2D eigenvalue weighted by atomic mass is 9.50. The van der Waals surface area contributed by atoms with Crippen LogP contribution in [0.25, 0.3) is 64.9 Å². The third-order valence-electron chi connectivity index (χ3n) is 18.4. The lowest BCUT2D eigenvalue weighted by Crippen LogP contribution is -2.54. The first kappa shape index (κ1) is 63.6. The van der Waals surface area contributed by atoms with Gasteiger partial charge in [-0.2, -0.15) is 10.5 Å². The van der Waals surface area contributed by atoms with Crippen molar-refractivity contribution in [3.05, 3.63) is 309 Å². The Labute approximate surface area is 591 Å². The van der Waals surface area contributed by atoms with E-state index in [1.165, 1.54) is 64.0 Å². The molecule has 0 fully saturated rings. The summed E-state index contributed by atoms with van der Waals surface area (Å²) in [5.74, 6) is -3.33. The van der Waals surface area contributed by atoms with E-state index in [1.807, 2.05) is 201 Å². The van der Waals surface area contributed by atoms with Crippen LogP contribution in [-0.2, 0) is 0 Å². The lowest BCUT2D eigenvalue weighted by Gasteiger charge is -2.24. The Morgan fingerprint density at radius 2 is 0.843 bits per heavy atom. The summed E-state index contributed by atoms with van der Waals surface area (Å²) in [6.07, 6.45) is 1.41. The minimum absolute atomic E-state index is 0.0428. The number of nitrogens with zero attached hydrogens (tertiary/aromatic N) is 7. The van der Waals surface area contributed by atoms with E-state index in [0.29, 0.717) is 71.5 Å². The molecule has 102 heavy (non-hydrogen) atoms. The van der Waals surface area contributed by atoms with E-state index in [9.17, 15) is 39.3 Å². The molecular formula is C82H52B2N8O8S2. The number of nitrogens with one attached hydrogen (secondary N) is 1. The molecule has 0 spiro atoms. The summed E-state index contributed by atoms with van der Waals surface area (Å²) in [6.45, 7) is 0.731. The molecule has 6 heterocycles. The second kappa shape index (κ2) is 26.6. The Bertz CT molecular complexity index is 5780. The molecule has 0 saturated carbocycles. The van der Waals surface area contributed by atoms with Gasteiger partial charge in [0.15, 0.2) is 0 Å². The molecule has 0 saturated heterocycles. The van der Waals surface area contributed by atoms with Gasteiger partial charge in [0, 0.05) is 28.7 Å². The zero-order valence-electron chi connectivity index (χ0n) is 54.2. The van der Waals surface area contributed by atoms with E-state index in [0.717, 1.165) is 37.7 Å². The van der Waals surface area contributed by atoms with E-state index in [-0.39, 0.29) is 62.6 Å². The van der Waals surface area contributed by atoms with Gasteiger partial charge in [0.05, 0.1) is 64.5 Å². The number of unbranched alkanes of at least 4 members (excludes halogenated alkanes) is 1. The third kappa shape index (κ3) is 11.2. The molecule has 4 amide bonds. The van der Waals surface area contributed by atoms with Gasteiger partial charge in [-0.3, -0.25) is 29.4 Å². The quantitative estimate of drug-likeness (QED) is 0.0389. The summed E-state index contributed by atoms with van der Waals surface area (Å²) in [4.78, 5) is 92.7. The predicted octanol–water partition coefficient (Wildman–Crippen LogP) is 11.5. The van der Waals surface area contributed by atoms with Crippen molar-refractivity contribution in [3.8, 4) is 46.2 Å². The fourth-order valence-corrected chi connectivity index (χ4v) is 15.7. The number of thiazole rings is 2. The second-order valence-electron chi connectivity index (χ2n) is 24.5. The van der Waals surface area contributed by atoms with E-state index >= 15 is 0 Å². The van der Waals surface area contributed by atoms with Crippen LogP contribution < -0.4 is 47.3 Å². The van der Waals surface area contributed by atoms with Crippen LogP contribution in [-0.4, -0.2) is 79.6 Å². The smallest absolute Gasteiger partial charge is 0.343 e. The molecule has 2 aliphatic heterocycles. The number of imide groups is 2. The number of ether oxygens (including phenoxy) is 2. The molecule has 16 nitrogen and oxygen atoms in total. The van der Waals surface area contributed by atoms with Crippen LogP contribution in [0.15, 0.2) is 255 Å². The van der Waals surface area contributed by atoms with Gasteiger partial charge >= 0.3 is 25.6 Å². The fraction of sp³-hybridized carbons (Fsp3) is 0.0488. The molecule has 20 heteroatoms. The van der Waals surface area contributed by atoms with Crippen molar-refractivity contribution in [1.82, 2.24) is 29.1 Å². The Morgan fingerprint density at radius 1 is 0.461 bits per heavy atom. The molecule has 16 rings (SSSR count). The molecular weight excluding hydrogens is 1310 g/mol. The average molecular weight is 1360 g/mol. The maximum atomic E-state index is 14.4. The van der Waals surface area contributed by atoms with Crippen LogP contribution in [0.5, 0.6) is 11.5 Å². The number of fused-ring (bicyclic) bond motifs is 5. The molecule has 1 N–H and O–H groups in total. The minimum Gasteiger partial charge on any atom is -0.423 e. The predicted molar refractivity (Wildman–Crippen MR) is 397 cm³/mol. The van der Waals surface area contributed by atoms with Crippen molar-refractivity contribution in [2.75, 3.05) is 6.54 Å². The number of hydrogen-bond donors (Lipinski definition) is 1. The summed E-state index contributed by atoms with van der Waals surface area (Å²) in [5, 5.41) is 30.0. The van der Waals surface area contributed by atoms with Gasteiger partial charge in [0.2, 0.25) is 0 Å². The van der Waals surface area contributed by atoms with Crippen LogP contribution in [0, 0.1) is 22.7 Å². The van der Waals surface area contributed by atoms with Gasteiger partial charge in [-0.15, -0.1) is 22.7 Å². The van der Waals surface area contributed by atoms with Crippen molar-refractivity contribution in [2.45, 2.75) is 19.8 Å². The first-order valence-corrected chi connectivity index (χ1v) is 34.5. The van der Waals surface area contributed by atoms with Gasteiger partial charge in [0.25, 0.3) is 23.6 Å². The van der Waals surface area contributed by atoms with Crippen molar-refractivity contribution in [3.63, 3.8) is 0 Å². The molecule has 0 atom stereocenters. The van der Waals surface area contributed by atoms with E-state index < -0.39 is 49.3 Å². The molecule has 486 valence electrons. The van der Waals surface area contributed by atoms with Gasteiger partial charge < -0.3 is 18.4 Å². The van der Waals surface area contributed by atoms with Crippen molar-refractivity contribution >= 4 is 136 Å². The number of carbonyl (C=O) groups is 6. The first-order valence-electron chi connectivity index (χ1n) is 32.9. The topological polar surface area (TPSA) is 219 Å². The molecule has 10 aromatic carbocycles. The molecule has 0 bridgehead atoms. The van der Waals surface area contributed by atoms with Crippen LogP contribution in [0.4, 0.5) is 0 Å². The Balaban J connectivity index is 1.04. The van der Waals surface area contributed by atoms with Crippen LogP contribution in [0.2, 0.25) is 0 Å². The molecule has 0 radical (unpaired) electrons. The van der Waals surface area contributed by atoms with Gasteiger partial charge in [-0.1, -0.05) is 181 Å². The van der Waals surface area contributed by atoms with Crippen molar-refractivity contribution in [1.29, 1.82) is 10.5 Å². The monoisotopic (exact) mass is 1360 g/mol. The van der Waals surface area contributed by atoms with Gasteiger partial charge in [-0.25, -0.2) is 19.6 Å². The highest BCUT2D eigenvalue weighted by Crippen LogP contribution is 2.40. The molecule has 0 unspecified atom stereocenters. The number of esters is 2. The Hall–Kier alpha value is -13.1. The minimum atomic E-state index is -0.781. The Morgan fingerprint density at radius 3 is 1.25 bits per heavy atom. The number of para-hydroxylation sites is 2. The molecule has 0 aliphatic carbocycles. The highest BCUT2D eigenvalue weighted by atomic mass is 32.1. The third-order valence-corrected chi connectivity index (χ3v) is 20.5. The number of benzene rings is 10. The summed E-state index contributed by atoms with van der Waals surface area (Å²) >= 11 is 2.74. The van der Waals surface area contributed by atoms with E-state index in [4.69, 9.17) is 19.4 Å². The number of hydrogen-bond acceptors (Lipinski definition) is 14. The summed E-state index contributed by atoms with van der Waals surface area (Å²) in [6, 6.07) is 83.4. The van der Waals surface area contributed by atoms with Crippen molar-refractivity contribution in [2.24, 2.45) is 0 Å². The van der Waals surface area contributed by atoms with Crippen LogP contribution >= 0.6 is 22.7 Å². The summed E-state index contributed by atoms with van der Waals surface area (Å²) in [5.41, 5.74) is 7.93. The molecule has 14 aromatic rings. The zero-order chi connectivity index (χ0) is 69.7. The number of amides is 4. The molecule has 2 aliphatic rings. The summed E-state index contributed by atoms with van der Waals surface area (Å²) < 4.78 is 18.3. The van der Waals surface area contributed by atoms with Crippen LogP contribution in [0.1, 0.15) is 91.9 Å². The van der Waals surface area contributed by atoms with E-state index in [2.05, 4.69) is 26.4 Å². The SMILES string of the molecule is CCCCN1C(=O)c2ccc(C(=O)Oc3ccc(-c4c5/c(=C(\C#N)c6nc7ccccc7s6)n(B(c6ccccc6)c6ccccc6)c(-c6ccc(OC(=O)c7ccc8c(c7)C(=O)NC8=O)cc6)c5/c(=C(\C#N)c5nc6ccccc6s5)n4B(c4ccccc4)c4ccccc4)cc3)cc2C1=O. The normalized spacial score (nSPS) is 13.0.